The predicted octanol–water partition coefficient (Wildman–Crippen LogP) is 3.89. The van der Waals surface area contributed by atoms with Gasteiger partial charge in [0, 0.05) is 13.1 Å². The fraction of sp³-hybridized carbons (Fsp3) is 0.304. The van der Waals surface area contributed by atoms with Gasteiger partial charge in [0.1, 0.15) is 0 Å². The Kier molecular flexibility index (Phi) is 7.58. The zero-order chi connectivity index (χ0) is 23.3. The average Bonchev–Trinajstić information content (AvgIpc) is 3.32. The SMILES string of the molecule is C=CCN(c1ccccc1)S(=O)(=O)c1ccc(Cl)c(C(=O)O[C@@H](C)C(=O)N2CCCC2)c1. The van der Waals surface area contributed by atoms with Gasteiger partial charge in [-0.1, -0.05) is 35.9 Å². The van der Waals surface area contributed by atoms with Gasteiger partial charge in [-0.2, -0.15) is 0 Å². The van der Waals surface area contributed by atoms with E-state index in [2.05, 4.69) is 6.58 Å². The minimum atomic E-state index is -4.03. The van der Waals surface area contributed by atoms with Crippen LogP contribution in [0.5, 0.6) is 0 Å². The molecule has 170 valence electrons. The van der Waals surface area contributed by atoms with Gasteiger partial charge in [-0.3, -0.25) is 9.10 Å². The number of hydrogen-bond donors (Lipinski definition) is 0. The molecule has 0 spiro atoms. The Labute approximate surface area is 193 Å². The van der Waals surface area contributed by atoms with Crippen LogP contribution in [0.4, 0.5) is 5.69 Å². The van der Waals surface area contributed by atoms with E-state index >= 15 is 0 Å². The summed E-state index contributed by atoms with van der Waals surface area (Å²) >= 11 is 6.17. The molecular weight excluding hydrogens is 452 g/mol. The highest BCUT2D eigenvalue weighted by atomic mass is 35.5. The fourth-order valence-electron chi connectivity index (χ4n) is 3.47. The molecule has 0 aromatic heterocycles. The van der Waals surface area contributed by atoms with Crippen molar-refractivity contribution in [1.29, 1.82) is 0 Å². The van der Waals surface area contributed by atoms with E-state index in [9.17, 15) is 18.0 Å². The van der Waals surface area contributed by atoms with Crippen LogP contribution in [-0.4, -0.2) is 50.9 Å². The third-order valence-corrected chi connectivity index (χ3v) is 7.25. The van der Waals surface area contributed by atoms with Crippen LogP contribution in [-0.2, 0) is 19.6 Å². The maximum Gasteiger partial charge on any atom is 0.340 e. The van der Waals surface area contributed by atoms with Crippen LogP contribution in [0.2, 0.25) is 5.02 Å². The van der Waals surface area contributed by atoms with Gasteiger partial charge in [-0.15, -0.1) is 6.58 Å². The maximum atomic E-state index is 13.3. The van der Waals surface area contributed by atoms with Crippen LogP contribution in [0, 0.1) is 0 Å². The van der Waals surface area contributed by atoms with E-state index < -0.39 is 22.1 Å². The number of rotatable bonds is 8. The molecule has 0 saturated carbocycles. The quantitative estimate of drug-likeness (QED) is 0.426. The van der Waals surface area contributed by atoms with Crippen molar-refractivity contribution in [3.05, 3.63) is 71.8 Å². The molecule has 1 heterocycles. The minimum Gasteiger partial charge on any atom is -0.449 e. The van der Waals surface area contributed by atoms with Crippen molar-refractivity contribution >= 4 is 39.2 Å². The molecule has 0 radical (unpaired) electrons. The topological polar surface area (TPSA) is 84.0 Å². The van der Waals surface area contributed by atoms with Gasteiger partial charge in [0.15, 0.2) is 6.10 Å². The molecule has 32 heavy (non-hydrogen) atoms. The third kappa shape index (κ3) is 5.14. The Morgan fingerprint density at radius 1 is 1.19 bits per heavy atom. The molecule has 0 aliphatic carbocycles. The van der Waals surface area contributed by atoms with Gasteiger partial charge in [0.05, 0.1) is 27.7 Å². The zero-order valence-electron chi connectivity index (χ0n) is 17.7. The second-order valence-electron chi connectivity index (χ2n) is 7.38. The molecular formula is C23H25ClN2O5S. The maximum absolute atomic E-state index is 13.3. The van der Waals surface area contributed by atoms with Gasteiger partial charge in [0.25, 0.3) is 15.9 Å². The number of sulfonamides is 1. The van der Waals surface area contributed by atoms with Crippen LogP contribution >= 0.6 is 11.6 Å². The summed E-state index contributed by atoms with van der Waals surface area (Å²) < 4.78 is 33.2. The summed E-state index contributed by atoms with van der Waals surface area (Å²) in [4.78, 5) is 26.7. The monoisotopic (exact) mass is 476 g/mol. The number of anilines is 1. The number of halogens is 1. The molecule has 7 nitrogen and oxygen atoms in total. The first-order valence-electron chi connectivity index (χ1n) is 10.2. The van der Waals surface area contributed by atoms with Crippen molar-refractivity contribution in [1.82, 2.24) is 4.90 Å². The Hall–Kier alpha value is -2.84. The Bertz CT molecular complexity index is 1100. The first-order chi connectivity index (χ1) is 15.3. The Morgan fingerprint density at radius 3 is 2.47 bits per heavy atom. The Balaban J connectivity index is 1.87. The van der Waals surface area contributed by atoms with E-state index in [-0.39, 0.29) is 27.9 Å². The molecule has 2 aromatic rings. The van der Waals surface area contributed by atoms with Crippen LogP contribution < -0.4 is 4.31 Å². The van der Waals surface area contributed by atoms with Crippen molar-refractivity contribution in [3.63, 3.8) is 0 Å². The molecule has 0 bridgehead atoms. The summed E-state index contributed by atoms with van der Waals surface area (Å²) in [5.41, 5.74) is 0.330. The smallest absolute Gasteiger partial charge is 0.340 e. The van der Waals surface area contributed by atoms with Crippen LogP contribution in [0.15, 0.2) is 66.1 Å². The van der Waals surface area contributed by atoms with Gasteiger partial charge >= 0.3 is 5.97 Å². The third-order valence-electron chi connectivity index (χ3n) is 5.13. The summed E-state index contributed by atoms with van der Waals surface area (Å²) in [5.74, 6) is -1.14. The number of para-hydroxylation sites is 1. The lowest BCUT2D eigenvalue weighted by molar-refractivity contribution is -0.138. The normalized spacial score (nSPS) is 14.6. The highest BCUT2D eigenvalue weighted by Gasteiger charge is 2.29. The summed E-state index contributed by atoms with van der Waals surface area (Å²) in [5, 5.41) is 0.0322. The summed E-state index contributed by atoms with van der Waals surface area (Å²) in [7, 11) is -4.03. The number of likely N-dealkylation sites (tertiary alicyclic amines) is 1. The molecule has 9 heteroatoms. The van der Waals surface area contributed by atoms with Crippen molar-refractivity contribution in [3.8, 4) is 0 Å². The average molecular weight is 477 g/mol. The second kappa shape index (κ2) is 10.2. The highest BCUT2D eigenvalue weighted by molar-refractivity contribution is 7.92. The van der Waals surface area contributed by atoms with E-state index in [1.807, 2.05) is 0 Å². The number of amides is 1. The Morgan fingerprint density at radius 2 is 1.84 bits per heavy atom. The van der Waals surface area contributed by atoms with Gasteiger partial charge in [-0.05, 0) is 50.1 Å². The van der Waals surface area contributed by atoms with Crippen LogP contribution in [0.1, 0.15) is 30.1 Å². The van der Waals surface area contributed by atoms with Crippen LogP contribution in [0.25, 0.3) is 0 Å². The van der Waals surface area contributed by atoms with E-state index in [1.165, 1.54) is 35.5 Å². The van der Waals surface area contributed by atoms with Crippen LogP contribution in [0.3, 0.4) is 0 Å². The van der Waals surface area contributed by atoms with E-state index in [0.717, 1.165) is 12.8 Å². The highest BCUT2D eigenvalue weighted by Crippen LogP contribution is 2.27. The molecule has 1 aliphatic heterocycles. The molecule has 1 saturated heterocycles. The van der Waals surface area contributed by atoms with Crippen molar-refractivity contribution < 1.29 is 22.7 Å². The van der Waals surface area contributed by atoms with E-state index in [4.69, 9.17) is 16.3 Å². The molecule has 0 N–H and O–H groups in total. The summed E-state index contributed by atoms with van der Waals surface area (Å²) in [6.07, 6.45) is 2.31. The molecule has 1 aliphatic rings. The second-order valence-corrected chi connectivity index (χ2v) is 9.65. The predicted molar refractivity (Wildman–Crippen MR) is 123 cm³/mol. The number of nitrogens with zero attached hydrogens (tertiary/aromatic N) is 2. The summed E-state index contributed by atoms with van der Waals surface area (Å²) in [6, 6.07) is 12.4. The van der Waals surface area contributed by atoms with E-state index in [0.29, 0.717) is 18.8 Å². The van der Waals surface area contributed by atoms with Crippen molar-refractivity contribution in [2.75, 3.05) is 23.9 Å². The fourth-order valence-corrected chi connectivity index (χ4v) is 5.13. The lowest BCUT2D eigenvalue weighted by atomic mass is 10.2. The number of benzene rings is 2. The first kappa shape index (κ1) is 23.8. The number of esters is 1. The zero-order valence-corrected chi connectivity index (χ0v) is 19.3. The van der Waals surface area contributed by atoms with Crippen molar-refractivity contribution in [2.24, 2.45) is 0 Å². The molecule has 1 amide bonds. The molecule has 3 rings (SSSR count). The van der Waals surface area contributed by atoms with Crippen molar-refractivity contribution in [2.45, 2.75) is 30.8 Å². The van der Waals surface area contributed by atoms with Gasteiger partial charge in [-0.25, -0.2) is 13.2 Å². The molecule has 1 atom stereocenters. The summed E-state index contributed by atoms with van der Waals surface area (Å²) in [6.45, 7) is 6.44. The molecule has 0 unspecified atom stereocenters. The number of ether oxygens (including phenoxy) is 1. The number of carbonyl (C=O) groups excluding carboxylic acids is 2. The lowest BCUT2D eigenvalue weighted by Gasteiger charge is -2.23. The van der Waals surface area contributed by atoms with E-state index in [1.54, 1.807) is 35.2 Å². The molecule has 2 aromatic carbocycles. The van der Waals surface area contributed by atoms with Gasteiger partial charge < -0.3 is 9.64 Å². The van der Waals surface area contributed by atoms with Gasteiger partial charge in [0.2, 0.25) is 0 Å². The molecule has 1 fully saturated rings. The largest absolute Gasteiger partial charge is 0.449 e. The number of carbonyl (C=O) groups is 2. The lowest BCUT2D eigenvalue weighted by Crippen LogP contribution is -2.38. The minimum absolute atomic E-state index is 0.0322. The first-order valence-corrected chi connectivity index (χ1v) is 12.1. The standard InChI is InChI=1S/C23H25ClN2O5S/c1-3-13-26(18-9-5-4-6-10-18)32(29,30)19-11-12-21(24)20(16-19)23(28)31-17(2)22(27)25-14-7-8-15-25/h3-6,9-12,16-17H,1,7-8,13-15H2,2H3/t17-/m0/s1. The number of hydrogen-bond acceptors (Lipinski definition) is 5.